The van der Waals surface area contributed by atoms with Crippen molar-refractivity contribution in [3.63, 3.8) is 0 Å². The number of carbonyl (C=O) groups is 2. The topological polar surface area (TPSA) is 113 Å². The third-order valence-electron chi connectivity index (χ3n) is 2.38. The number of hydrogen-bond donors (Lipinski definition) is 3. The zero-order chi connectivity index (χ0) is 13.1. The van der Waals surface area contributed by atoms with Crippen LogP contribution in [0, 0.1) is 0 Å². The maximum atomic E-state index is 11.8. The van der Waals surface area contributed by atoms with E-state index in [4.69, 9.17) is 5.11 Å². The van der Waals surface area contributed by atoms with E-state index in [-0.39, 0.29) is 17.8 Å². The lowest BCUT2D eigenvalue weighted by molar-refractivity contribution is 0.0679. The molecule has 0 fully saturated rings. The van der Waals surface area contributed by atoms with Crippen LogP contribution >= 0.6 is 0 Å². The molecule has 0 aliphatic carbocycles. The molecule has 2 aromatic rings. The highest BCUT2D eigenvalue weighted by molar-refractivity contribution is 6.03. The highest BCUT2D eigenvalue weighted by atomic mass is 16.4. The number of carbonyl (C=O) groups excluding carboxylic acids is 1. The van der Waals surface area contributed by atoms with Gasteiger partial charge in [0.2, 0.25) is 0 Å². The molecule has 0 atom stereocenters. The summed E-state index contributed by atoms with van der Waals surface area (Å²) in [4.78, 5) is 22.8. The zero-order valence-electron chi connectivity index (χ0n) is 9.54. The highest BCUT2D eigenvalue weighted by Gasteiger charge is 2.21. The molecule has 0 radical (unpaired) electrons. The lowest BCUT2D eigenvalue weighted by atomic mass is 10.2. The number of nitrogens with zero attached hydrogens (tertiary/aromatic N) is 3. The van der Waals surface area contributed by atoms with Crippen molar-refractivity contribution >= 4 is 11.9 Å². The zero-order valence-corrected chi connectivity index (χ0v) is 9.54. The van der Waals surface area contributed by atoms with E-state index in [1.807, 2.05) is 0 Å². The number of carboxylic acid groups (broad SMARTS) is 1. The van der Waals surface area contributed by atoms with E-state index in [0.29, 0.717) is 0 Å². The number of nitrogens with one attached hydrogen (secondary N) is 2. The summed E-state index contributed by atoms with van der Waals surface area (Å²) in [6, 6.07) is 1.71. The molecule has 0 bridgehead atoms. The smallest absolute Gasteiger partial charge is 0.354 e. The molecule has 8 heteroatoms. The summed E-state index contributed by atoms with van der Waals surface area (Å²) in [6.45, 7) is 0.243. The van der Waals surface area contributed by atoms with E-state index in [1.54, 1.807) is 12.3 Å². The van der Waals surface area contributed by atoms with Crippen LogP contribution in [0.25, 0.3) is 0 Å². The molecule has 2 heterocycles. The van der Waals surface area contributed by atoms with Gasteiger partial charge in [0.05, 0.1) is 24.0 Å². The van der Waals surface area contributed by atoms with Gasteiger partial charge in [0, 0.05) is 13.2 Å². The minimum atomic E-state index is -1.19. The maximum Gasteiger partial charge on any atom is 0.354 e. The van der Waals surface area contributed by atoms with Gasteiger partial charge in [0.15, 0.2) is 5.69 Å². The molecule has 0 aliphatic heterocycles. The van der Waals surface area contributed by atoms with Crippen LogP contribution in [0.5, 0.6) is 0 Å². The van der Waals surface area contributed by atoms with Gasteiger partial charge in [-0.05, 0) is 6.07 Å². The first kappa shape index (κ1) is 11.8. The second kappa shape index (κ2) is 4.70. The van der Waals surface area contributed by atoms with E-state index < -0.39 is 11.9 Å². The molecule has 0 spiro atoms. The first-order valence-electron chi connectivity index (χ1n) is 5.11. The Morgan fingerprint density at radius 1 is 1.56 bits per heavy atom. The van der Waals surface area contributed by atoms with E-state index in [9.17, 15) is 9.59 Å². The van der Waals surface area contributed by atoms with Gasteiger partial charge in [0.1, 0.15) is 0 Å². The van der Waals surface area contributed by atoms with Crippen LogP contribution in [-0.4, -0.2) is 37.0 Å². The van der Waals surface area contributed by atoms with Gasteiger partial charge >= 0.3 is 5.97 Å². The third-order valence-corrected chi connectivity index (χ3v) is 2.38. The molecular weight excluding hydrogens is 238 g/mol. The predicted molar refractivity (Wildman–Crippen MR) is 59.9 cm³/mol. The summed E-state index contributed by atoms with van der Waals surface area (Å²) in [6.07, 6.45) is 2.79. The van der Waals surface area contributed by atoms with Crippen LogP contribution in [0.1, 0.15) is 26.5 Å². The third kappa shape index (κ3) is 2.21. The maximum absolute atomic E-state index is 11.8. The summed E-state index contributed by atoms with van der Waals surface area (Å²) >= 11 is 0. The summed E-state index contributed by atoms with van der Waals surface area (Å²) in [5.41, 5.74) is 0.616. The van der Waals surface area contributed by atoms with E-state index in [2.05, 4.69) is 20.6 Å². The summed E-state index contributed by atoms with van der Waals surface area (Å²) in [5.74, 6) is -1.68. The number of rotatable bonds is 4. The highest BCUT2D eigenvalue weighted by Crippen LogP contribution is 2.07. The molecule has 8 nitrogen and oxygen atoms in total. The Labute approximate surface area is 102 Å². The average molecular weight is 249 g/mol. The monoisotopic (exact) mass is 249 g/mol. The number of amides is 1. The summed E-state index contributed by atoms with van der Waals surface area (Å²) in [5, 5.41) is 21.7. The fourth-order valence-corrected chi connectivity index (χ4v) is 1.51. The molecule has 94 valence electrons. The van der Waals surface area contributed by atoms with Crippen molar-refractivity contribution in [2.45, 2.75) is 6.54 Å². The van der Waals surface area contributed by atoms with Crippen LogP contribution in [0.2, 0.25) is 0 Å². The van der Waals surface area contributed by atoms with Gasteiger partial charge in [-0.2, -0.15) is 10.2 Å². The largest absolute Gasteiger partial charge is 0.477 e. The van der Waals surface area contributed by atoms with Crippen LogP contribution in [0.15, 0.2) is 18.5 Å². The first-order chi connectivity index (χ1) is 8.59. The molecule has 0 aromatic carbocycles. The van der Waals surface area contributed by atoms with Crippen molar-refractivity contribution in [2.24, 2.45) is 7.05 Å². The van der Waals surface area contributed by atoms with E-state index in [0.717, 1.165) is 10.4 Å². The Hall–Kier alpha value is -2.64. The summed E-state index contributed by atoms with van der Waals surface area (Å²) in [7, 11) is 1.47. The molecule has 2 aromatic heterocycles. The van der Waals surface area contributed by atoms with Crippen molar-refractivity contribution in [1.82, 2.24) is 25.3 Å². The Morgan fingerprint density at radius 2 is 2.33 bits per heavy atom. The lowest BCUT2D eigenvalue weighted by Gasteiger charge is -2.03. The Kier molecular flexibility index (Phi) is 3.09. The van der Waals surface area contributed by atoms with Crippen molar-refractivity contribution < 1.29 is 14.7 Å². The molecule has 2 rings (SSSR count). The molecule has 1 amide bonds. The SMILES string of the molecule is Cn1ncc(C(=O)NCc2ccn[nH]2)c1C(=O)O. The van der Waals surface area contributed by atoms with Gasteiger partial charge in [0.25, 0.3) is 5.91 Å². The molecule has 0 aliphatic rings. The second-order valence-electron chi connectivity index (χ2n) is 3.60. The lowest BCUT2D eigenvalue weighted by Crippen LogP contribution is -2.25. The minimum absolute atomic E-state index is 0.0320. The normalized spacial score (nSPS) is 10.3. The van der Waals surface area contributed by atoms with Crippen LogP contribution in [0.4, 0.5) is 0 Å². The fraction of sp³-hybridized carbons (Fsp3) is 0.200. The van der Waals surface area contributed by atoms with Gasteiger partial charge in [-0.15, -0.1) is 0 Å². The number of carboxylic acids is 1. The first-order valence-corrected chi connectivity index (χ1v) is 5.11. The number of aryl methyl sites for hydroxylation is 1. The molecule has 0 unspecified atom stereocenters. The molecule has 3 N–H and O–H groups in total. The summed E-state index contributed by atoms with van der Waals surface area (Å²) < 4.78 is 1.15. The quantitative estimate of drug-likeness (QED) is 0.692. The number of aromatic amines is 1. The number of aromatic carboxylic acids is 1. The Bertz CT molecular complexity index is 572. The molecule has 0 saturated carbocycles. The fourth-order valence-electron chi connectivity index (χ4n) is 1.51. The van der Waals surface area contributed by atoms with Gasteiger partial charge in [-0.3, -0.25) is 14.6 Å². The van der Waals surface area contributed by atoms with Crippen molar-refractivity contribution in [1.29, 1.82) is 0 Å². The predicted octanol–water partition coefficient (Wildman–Crippen LogP) is -0.229. The minimum Gasteiger partial charge on any atom is -0.477 e. The van der Waals surface area contributed by atoms with Gasteiger partial charge in [-0.1, -0.05) is 0 Å². The van der Waals surface area contributed by atoms with Gasteiger partial charge < -0.3 is 10.4 Å². The van der Waals surface area contributed by atoms with Crippen LogP contribution in [-0.2, 0) is 13.6 Å². The van der Waals surface area contributed by atoms with Crippen molar-refractivity contribution in [3.8, 4) is 0 Å². The Balaban J connectivity index is 2.12. The van der Waals surface area contributed by atoms with E-state index in [1.165, 1.54) is 13.2 Å². The second-order valence-corrected chi connectivity index (χ2v) is 3.60. The van der Waals surface area contributed by atoms with Gasteiger partial charge in [-0.25, -0.2) is 4.79 Å². The molecular formula is C10H11N5O3. The van der Waals surface area contributed by atoms with Crippen molar-refractivity contribution in [3.05, 3.63) is 35.4 Å². The van der Waals surface area contributed by atoms with E-state index >= 15 is 0 Å². The standard InChI is InChI=1S/C10H11N5O3/c1-15-8(10(17)18)7(5-13-15)9(16)11-4-6-2-3-12-14-6/h2-3,5H,4H2,1H3,(H,11,16)(H,12,14)(H,17,18). The number of aromatic nitrogens is 4. The Morgan fingerprint density at radius 3 is 2.94 bits per heavy atom. The molecule has 0 saturated heterocycles. The average Bonchev–Trinajstić information content (AvgIpc) is 2.94. The number of hydrogen-bond acceptors (Lipinski definition) is 4. The number of H-pyrrole nitrogens is 1. The molecule has 18 heavy (non-hydrogen) atoms. The van der Waals surface area contributed by atoms with Crippen molar-refractivity contribution in [2.75, 3.05) is 0 Å². The van der Waals surface area contributed by atoms with Crippen LogP contribution in [0.3, 0.4) is 0 Å². The van der Waals surface area contributed by atoms with Crippen LogP contribution < -0.4 is 5.32 Å².